The Morgan fingerprint density at radius 2 is 2.03 bits per heavy atom. The van der Waals surface area contributed by atoms with Crippen LogP contribution in [0.2, 0.25) is 5.02 Å². The van der Waals surface area contributed by atoms with E-state index in [1.165, 1.54) is 0 Å². The minimum atomic E-state index is -0.0742. The Hall–Kier alpha value is -2.60. The zero-order chi connectivity index (χ0) is 21.3. The molecule has 0 bridgehead atoms. The van der Waals surface area contributed by atoms with Gasteiger partial charge in [0.05, 0.1) is 0 Å². The summed E-state index contributed by atoms with van der Waals surface area (Å²) in [6.45, 7) is 7.78. The lowest BCUT2D eigenvalue weighted by atomic mass is 10.0. The van der Waals surface area contributed by atoms with Gasteiger partial charge in [-0.2, -0.15) is 0 Å². The number of pyridine rings is 1. The zero-order valence-electron chi connectivity index (χ0n) is 17.7. The summed E-state index contributed by atoms with van der Waals surface area (Å²) in [7, 11) is 0. The van der Waals surface area contributed by atoms with Crippen LogP contribution in [0.3, 0.4) is 0 Å². The second-order valence-electron chi connectivity index (χ2n) is 8.45. The van der Waals surface area contributed by atoms with Crippen molar-refractivity contribution in [1.82, 2.24) is 19.4 Å². The van der Waals surface area contributed by atoms with E-state index in [4.69, 9.17) is 16.6 Å². The predicted molar refractivity (Wildman–Crippen MR) is 121 cm³/mol. The van der Waals surface area contributed by atoms with Crippen LogP contribution in [0.15, 0.2) is 36.5 Å². The summed E-state index contributed by atoms with van der Waals surface area (Å²) < 4.78 is 2.31. The van der Waals surface area contributed by atoms with E-state index in [9.17, 15) is 4.79 Å². The van der Waals surface area contributed by atoms with Gasteiger partial charge in [-0.25, -0.2) is 14.8 Å². The predicted octanol–water partition coefficient (Wildman–Crippen LogP) is 5.46. The summed E-state index contributed by atoms with van der Waals surface area (Å²) in [4.78, 5) is 24.1. The molecule has 3 heterocycles. The van der Waals surface area contributed by atoms with Gasteiger partial charge < -0.3 is 14.8 Å². The van der Waals surface area contributed by atoms with E-state index in [-0.39, 0.29) is 6.03 Å². The lowest BCUT2D eigenvalue weighted by Crippen LogP contribution is -2.41. The Morgan fingerprint density at radius 3 is 2.77 bits per heavy atom. The van der Waals surface area contributed by atoms with Gasteiger partial charge in [-0.1, -0.05) is 31.5 Å². The molecule has 0 spiro atoms. The Labute approximate surface area is 182 Å². The number of aryl methyl sites for hydroxylation is 1. The minimum absolute atomic E-state index is 0.0742. The number of carbonyl (C=O) groups excluding carboxylic acids is 1. The van der Waals surface area contributed by atoms with E-state index in [0.717, 1.165) is 47.5 Å². The molecular weight excluding hydrogens is 398 g/mol. The number of hydrogen-bond donors (Lipinski definition) is 1. The molecule has 0 saturated carbocycles. The number of benzene rings is 1. The fraction of sp³-hybridized carbons (Fsp3) is 0.435. The summed E-state index contributed by atoms with van der Waals surface area (Å²) in [5.41, 5.74) is 3.66. The molecule has 1 fully saturated rings. The Balaban J connectivity index is 1.48. The molecule has 1 aliphatic heterocycles. The van der Waals surface area contributed by atoms with Gasteiger partial charge in [-0.15, -0.1) is 0 Å². The van der Waals surface area contributed by atoms with E-state index in [2.05, 4.69) is 28.7 Å². The number of piperidine rings is 1. The second kappa shape index (κ2) is 8.64. The van der Waals surface area contributed by atoms with Crippen molar-refractivity contribution in [3.8, 4) is 0 Å². The number of rotatable bonds is 4. The summed E-state index contributed by atoms with van der Waals surface area (Å²) in [6, 6.07) is 9.73. The first-order chi connectivity index (χ1) is 14.4. The number of amides is 2. The summed E-state index contributed by atoms with van der Waals surface area (Å²) in [5.74, 6) is 1.61. The van der Waals surface area contributed by atoms with Crippen LogP contribution in [-0.4, -0.2) is 38.6 Å². The van der Waals surface area contributed by atoms with Crippen LogP contribution in [0.1, 0.15) is 44.1 Å². The van der Waals surface area contributed by atoms with Gasteiger partial charge in [0.1, 0.15) is 11.3 Å². The number of imidazole rings is 1. The highest BCUT2D eigenvalue weighted by Gasteiger charge is 2.27. The summed E-state index contributed by atoms with van der Waals surface area (Å²) in [6.07, 6.45) is 4.52. The topological polar surface area (TPSA) is 63.1 Å². The van der Waals surface area contributed by atoms with Gasteiger partial charge >= 0.3 is 6.03 Å². The van der Waals surface area contributed by atoms with Gasteiger partial charge in [0.2, 0.25) is 0 Å². The third-order valence-corrected chi connectivity index (χ3v) is 5.91. The van der Waals surface area contributed by atoms with E-state index in [0.29, 0.717) is 30.1 Å². The van der Waals surface area contributed by atoms with Crippen molar-refractivity contribution in [2.45, 2.75) is 46.1 Å². The lowest BCUT2D eigenvalue weighted by Gasteiger charge is -2.33. The summed E-state index contributed by atoms with van der Waals surface area (Å²) in [5, 5.41) is 3.63. The molecule has 0 aliphatic carbocycles. The highest BCUT2D eigenvalue weighted by atomic mass is 35.5. The molecule has 0 unspecified atom stereocenters. The maximum atomic E-state index is 12.8. The number of urea groups is 1. The molecule has 30 heavy (non-hydrogen) atoms. The second-order valence-corrected chi connectivity index (χ2v) is 8.89. The number of halogens is 1. The standard InChI is InChI=1S/C23H28ClN5O/c1-15(2)13-21-26-19-5-4-10-25-22(19)29(21)18-8-11-28(12-9-18)23(30)27-20-14-17(24)7-6-16(20)3/h4-7,10,14-15,18H,8-9,11-13H2,1-3H3,(H,27,30). The highest BCUT2D eigenvalue weighted by Crippen LogP contribution is 2.29. The number of anilines is 1. The molecule has 2 aromatic heterocycles. The molecule has 158 valence electrons. The summed E-state index contributed by atoms with van der Waals surface area (Å²) >= 11 is 6.08. The molecule has 0 atom stereocenters. The first-order valence-electron chi connectivity index (χ1n) is 10.6. The number of nitrogens with zero attached hydrogens (tertiary/aromatic N) is 4. The van der Waals surface area contributed by atoms with Crippen LogP contribution < -0.4 is 5.32 Å². The number of nitrogens with one attached hydrogen (secondary N) is 1. The van der Waals surface area contributed by atoms with E-state index >= 15 is 0 Å². The smallest absolute Gasteiger partial charge is 0.321 e. The Bertz CT molecular complexity index is 1050. The van der Waals surface area contributed by atoms with E-state index < -0.39 is 0 Å². The van der Waals surface area contributed by atoms with E-state index in [1.54, 1.807) is 6.07 Å². The largest absolute Gasteiger partial charge is 0.324 e. The molecule has 3 aromatic rings. The van der Waals surface area contributed by atoms with E-state index in [1.807, 2.05) is 42.3 Å². The number of hydrogen-bond acceptors (Lipinski definition) is 3. The number of aromatic nitrogens is 3. The number of likely N-dealkylation sites (tertiary alicyclic amines) is 1. The number of fused-ring (bicyclic) bond motifs is 1. The van der Waals surface area contributed by atoms with Crippen LogP contribution in [0.4, 0.5) is 10.5 Å². The van der Waals surface area contributed by atoms with Crippen molar-refractivity contribution in [1.29, 1.82) is 0 Å². The third-order valence-electron chi connectivity index (χ3n) is 5.67. The zero-order valence-corrected chi connectivity index (χ0v) is 18.5. The van der Waals surface area contributed by atoms with Gasteiger partial charge in [0, 0.05) is 42.5 Å². The van der Waals surface area contributed by atoms with Crippen LogP contribution in [0.25, 0.3) is 11.2 Å². The molecule has 0 radical (unpaired) electrons. The van der Waals surface area contributed by atoms with Crippen molar-refractivity contribution in [3.05, 3.63) is 52.9 Å². The van der Waals surface area contributed by atoms with Crippen molar-refractivity contribution in [2.75, 3.05) is 18.4 Å². The molecule has 6 nitrogen and oxygen atoms in total. The van der Waals surface area contributed by atoms with Crippen molar-refractivity contribution < 1.29 is 4.79 Å². The highest BCUT2D eigenvalue weighted by molar-refractivity contribution is 6.31. The minimum Gasteiger partial charge on any atom is -0.324 e. The van der Waals surface area contributed by atoms with Gasteiger partial charge in [-0.05, 0) is 55.5 Å². The molecule has 1 N–H and O–H groups in total. The average Bonchev–Trinajstić information content (AvgIpc) is 3.08. The molecule has 2 amide bonds. The SMILES string of the molecule is Cc1ccc(Cl)cc1NC(=O)N1CCC(n2c(CC(C)C)nc3cccnc32)CC1. The monoisotopic (exact) mass is 425 g/mol. The molecule has 4 rings (SSSR count). The first-order valence-corrected chi connectivity index (χ1v) is 10.9. The fourth-order valence-corrected chi connectivity index (χ4v) is 4.29. The van der Waals surface area contributed by atoms with Gasteiger partial charge in [-0.3, -0.25) is 0 Å². The van der Waals surface area contributed by atoms with Crippen LogP contribution in [-0.2, 0) is 6.42 Å². The maximum absolute atomic E-state index is 12.8. The Morgan fingerprint density at radius 1 is 1.27 bits per heavy atom. The fourth-order valence-electron chi connectivity index (χ4n) is 4.12. The third kappa shape index (κ3) is 4.29. The molecule has 7 heteroatoms. The lowest BCUT2D eigenvalue weighted by molar-refractivity contribution is 0.183. The number of carbonyl (C=O) groups is 1. The molecule has 1 aromatic carbocycles. The quantitative estimate of drug-likeness (QED) is 0.603. The first kappa shape index (κ1) is 20.7. The van der Waals surface area contributed by atoms with Crippen molar-refractivity contribution in [3.63, 3.8) is 0 Å². The normalized spacial score (nSPS) is 15.2. The van der Waals surface area contributed by atoms with Gasteiger partial charge in [0.25, 0.3) is 0 Å². The van der Waals surface area contributed by atoms with Crippen molar-refractivity contribution >= 4 is 34.5 Å². The van der Waals surface area contributed by atoms with Crippen LogP contribution in [0, 0.1) is 12.8 Å². The molecular formula is C23H28ClN5O. The average molecular weight is 426 g/mol. The van der Waals surface area contributed by atoms with Crippen molar-refractivity contribution in [2.24, 2.45) is 5.92 Å². The Kier molecular flexibility index (Phi) is 5.95. The maximum Gasteiger partial charge on any atom is 0.321 e. The van der Waals surface area contributed by atoms with Crippen LogP contribution in [0.5, 0.6) is 0 Å². The van der Waals surface area contributed by atoms with Crippen LogP contribution >= 0.6 is 11.6 Å². The molecule has 1 saturated heterocycles. The van der Waals surface area contributed by atoms with Gasteiger partial charge in [0.15, 0.2) is 5.65 Å². The molecule has 1 aliphatic rings.